The molecule has 0 aromatic heterocycles. The number of likely N-dealkylation sites (N-methyl/N-ethyl adjacent to an activating group) is 1. The maximum atomic E-state index is 5.81. The van der Waals surface area contributed by atoms with Gasteiger partial charge in [0.05, 0.1) is 0 Å². The van der Waals surface area contributed by atoms with E-state index in [-0.39, 0.29) is 0 Å². The molecule has 0 bridgehead atoms. The molecule has 0 atom stereocenters. The summed E-state index contributed by atoms with van der Waals surface area (Å²) in [6.07, 6.45) is 0. The molecular formula is C17H23N3S. The average molecular weight is 301 g/mol. The number of nitrogens with zero attached hydrogens (tertiary/aromatic N) is 1. The lowest BCUT2D eigenvalue weighted by Gasteiger charge is -2.19. The second-order valence-corrected chi connectivity index (χ2v) is 5.46. The van der Waals surface area contributed by atoms with Gasteiger partial charge in [0.15, 0.2) is 0 Å². The third-order valence-corrected chi connectivity index (χ3v) is 4.05. The molecule has 2 aromatic rings. The Bertz CT molecular complexity index is 620. The van der Waals surface area contributed by atoms with Crippen molar-refractivity contribution in [1.29, 1.82) is 0 Å². The van der Waals surface area contributed by atoms with Crippen LogP contribution in [-0.2, 0) is 0 Å². The Morgan fingerprint density at radius 2 is 1.76 bits per heavy atom. The molecule has 0 aliphatic rings. The maximum absolute atomic E-state index is 5.81. The molecular weight excluding hydrogens is 278 g/mol. The molecule has 0 saturated carbocycles. The molecule has 0 unspecified atom stereocenters. The van der Waals surface area contributed by atoms with Gasteiger partial charge >= 0.3 is 0 Å². The Morgan fingerprint density at radius 1 is 1.10 bits per heavy atom. The summed E-state index contributed by atoms with van der Waals surface area (Å²) in [6, 6.07) is 12.3. The van der Waals surface area contributed by atoms with Gasteiger partial charge in [0.1, 0.15) is 4.99 Å². The quantitative estimate of drug-likeness (QED) is 0.771. The lowest BCUT2D eigenvalue weighted by molar-refractivity contribution is 0.316. The van der Waals surface area contributed by atoms with Crippen molar-refractivity contribution in [2.45, 2.75) is 13.8 Å². The van der Waals surface area contributed by atoms with Crippen LogP contribution < -0.4 is 11.1 Å². The molecule has 2 aromatic carbocycles. The summed E-state index contributed by atoms with van der Waals surface area (Å²) in [4.78, 5) is 2.85. The summed E-state index contributed by atoms with van der Waals surface area (Å²) in [6.45, 7) is 8.51. The minimum Gasteiger partial charge on any atom is -0.389 e. The van der Waals surface area contributed by atoms with E-state index in [0.717, 1.165) is 42.8 Å². The van der Waals surface area contributed by atoms with Crippen molar-refractivity contribution in [3.63, 3.8) is 0 Å². The Morgan fingerprint density at radius 3 is 2.38 bits per heavy atom. The standard InChI is InChI=1S/C17H23N3S/c1-3-20(4-2)12-11-19-16-10-9-15(17(18)21)13-7-5-6-8-14(13)16/h5-10,19H,3-4,11-12H2,1-2H3,(H2,18,21). The van der Waals surface area contributed by atoms with Crippen molar-refractivity contribution < 1.29 is 0 Å². The van der Waals surface area contributed by atoms with E-state index < -0.39 is 0 Å². The van der Waals surface area contributed by atoms with Crippen LogP contribution in [-0.4, -0.2) is 36.1 Å². The third kappa shape index (κ3) is 3.71. The highest BCUT2D eigenvalue weighted by Gasteiger charge is 2.07. The highest BCUT2D eigenvalue weighted by Crippen LogP contribution is 2.26. The van der Waals surface area contributed by atoms with Gasteiger partial charge in [0.25, 0.3) is 0 Å². The van der Waals surface area contributed by atoms with E-state index in [1.807, 2.05) is 18.2 Å². The van der Waals surface area contributed by atoms with Crippen LogP contribution in [0.2, 0.25) is 0 Å². The molecule has 2 rings (SSSR count). The number of anilines is 1. The highest BCUT2D eigenvalue weighted by atomic mass is 32.1. The summed E-state index contributed by atoms with van der Waals surface area (Å²) in [5.74, 6) is 0. The monoisotopic (exact) mass is 301 g/mol. The van der Waals surface area contributed by atoms with Crippen LogP contribution in [0.5, 0.6) is 0 Å². The predicted molar refractivity (Wildman–Crippen MR) is 96.1 cm³/mol. The maximum Gasteiger partial charge on any atom is 0.104 e. The minimum atomic E-state index is 0.445. The van der Waals surface area contributed by atoms with Crippen LogP contribution in [0, 0.1) is 0 Å². The van der Waals surface area contributed by atoms with E-state index in [1.54, 1.807) is 0 Å². The topological polar surface area (TPSA) is 41.3 Å². The number of fused-ring (bicyclic) bond motifs is 1. The Balaban J connectivity index is 2.21. The molecule has 0 fully saturated rings. The summed E-state index contributed by atoms with van der Waals surface area (Å²) in [7, 11) is 0. The van der Waals surface area contributed by atoms with Gasteiger partial charge in [-0.25, -0.2) is 0 Å². The number of hydrogen-bond acceptors (Lipinski definition) is 3. The van der Waals surface area contributed by atoms with Crippen molar-refractivity contribution in [2.75, 3.05) is 31.5 Å². The lowest BCUT2D eigenvalue weighted by Crippen LogP contribution is -2.28. The van der Waals surface area contributed by atoms with Gasteiger partial charge in [0.2, 0.25) is 0 Å². The smallest absolute Gasteiger partial charge is 0.104 e. The summed E-state index contributed by atoms with van der Waals surface area (Å²) >= 11 is 5.14. The second-order valence-electron chi connectivity index (χ2n) is 5.02. The summed E-state index contributed by atoms with van der Waals surface area (Å²) in [5.41, 5.74) is 7.89. The minimum absolute atomic E-state index is 0.445. The van der Waals surface area contributed by atoms with Gasteiger partial charge in [-0.05, 0) is 30.6 Å². The number of nitrogens with two attached hydrogens (primary N) is 1. The highest BCUT2D eigenvalue weighted by molar-refractivity contribution is 7.80. The zero-order valence-electron chi connectivity index (χ0n) is 12.7. The van der Waals surface area contributed by atoms with Gasteiger partial charge in [-0.15, -0.1) is 0 Å². The summed E-state index contributed by atoms with van der Waals surface area (Å²) < 4.78 is 0. The third-order valence-electron chi connectivity index (χ3n) is 3.83. The van der Waals surface area contributed by atoms with Crippen LogP contribution in [0.1, 0.15) is 19.4 Å². The zero-order chi connectivity index (χ0) is 15.2. The van der Waals surface area contributed by atoms with Crippen molar-refractivity contribution in [2.24, 2.45) is 5.73 Å². The van der Waals surface area contributed by atoms with Crippen LogP contribution in [0.4, 0.5) is 5.69 Å². The van der Waals surface area contributed by atoms with Crippen molar-refractivity contribution in [3.8, 4) is 0 Å². The van der Waals surface area contributed by atoms with Gasteiger partial charge < -0.3 is 16.0 Å². The molecule has 0 aliphatic carbocycles. The molecule has 3 N–H and O–H groups in total. The van der Waals surface area contributed by atoms with E-state index in [0.29, 0.717) is 4.99 Å². The largest absolute Gasteiger partial charge is 0.389 e. The van der Waals surface area contributed by atoms with Crippen LogP contribution >= 0.6 is 12.2 Å². The molecule has 0 spiro atoms. The van der Waals surface area contributed by atoms with Gasteiger partial charge in [0, 0.05) is 29.7 Å². The normalized spacial score (nSPS) is 11.0. The molecule has 3 nitrogen and oxygen atoms in total. The number of benzene rings is 2. The first-order valence-electron chi connectivity index (χ1n) is 7.45. The van der Waals surface area contributed by atoms with E-state index in [4.69, 9.17) is 18.0 Å². The average Bonchev–Trinajstić information content (AvgIpc) is 2.51. The number of thiocarbonyl (C=S) groups is 1. The van der Waals surface area contributed by atoms with Gasteiger partial charge in [-0.1, -0.05) is 50.3 Å². The second kappa shape index (κ2) is 7.38. The van der Waals surface area contributed by atoms with Crippen molar-refractivity contribution in [1.82, 2.24) is 4.90 Å². The molecule has 0 heterocycles. The Hall–Kier alpha value is -1.65. The van der Waals surface area contributed by atoms with E-state index in [1.165, 1.54) is 5.39 Å². The number of hydrogen-bond donors (Lipinski definition) is 2. The fourth-order valence-electron chi connectivity index (χ4n) is 2.56. The molecule has 21 heavy (non-hydrogen) atoms. The lowest BCUT2D eigenvalue weighted by atomic mass is 10.0. The molecule has 0 aliphatic heterocycles. The van der Waals surface area contributed by atoms with Crippen LogP contribution in [0.25, 0.3) is 10.8 Å². The molecule has 112 valence electrons. The van der Waals surface area contributed by atoms with E-state index >= 15 is 0 Å². The van der Waals surface area contributed by atoms with Crippen LogP contribution in [0.15, 0.2) is 36.4 Å². The fourth-order valence-corrected chi connectivity index (χ4v) is 2.73. The summed E-state index contributed by atoms with van der Waals surface area (Å²) in [5, 5.41) is 5.81. The molecule has 0 saturated heterocycles. The number of nitrogens with one attached hydrogen (secondary N) is 1. The Kier molecular flexibility index (Phi) is 5.53. The van der Waals surface area contributed by atoms with E-state index in [2.05, 4.69) is 42.3 Å². The SMILES string of the molecule is CCN(CC)CCNc1ccc(C(N)=S)c2ccccc12. The first-order valence-corrected chi connectivity index (χ1v) is 7.86. The molecule has 0 radical (unpaired) electrons. The van der Waals surface area contributed by atoms with Gasteiger partial charge in [-0.2, -0.15) is 0 Å². The van der Waals surface area contributed by atoms with Crippen molar-refractivity contribution >= 4 is 33.7 Å². The zero-order valence-corrected chi connectivity index (χ0v) is 13.5. The van der Waals surface area contributed by atoms with Crippen LogP contribution in [0.3, 0.4) is 0 Å². The van der Waals surface area contributed by atoms with Gasteiger partial charge in [-0.3, -0.25) is 0 Å². The number of rotatable bonds is 7. The van der Waals surface area contributed by atoms with Crippen molar-refractivity contribution in [3.05, 3.63) is 42.0 Å². The Labute approximate surface area is 132 Å². The fraction of sp³-hybridized carbons (Fsp3) is 0.353. The molecule has 0 amide bonds. The molecule has 4 heteroatoms. The van der Waals surface area contributed by atoms with E-state index in [9.17, 15) is 0 Å². The first kappa shape index (κ1) is 15.7. The predicted octanol–water partition coefficient (Wildman–Crippen LogP) is 3.23. The first-order chi connectivity index (χ1) is 10.2.